The molecule has 1 N–H and O–H groups in total. The van der Waals surface area contributed by atoms with Crippen LogP contribution in [-0.4, -0.2) is 13.0 Å². The summed E-state index contributed by atoms with van der Waals surface area (Å²) in [4.78, 5) is 11.0. The third-order valence-corrected chi connectivity index (χ3v) is 1.89. The molecule has 0 aromatic heterocycles. The summed E-state index contributed by atoms with van der Waals surface area (Å²) in [6.07, 6.45) is 7.21. The molecule has 0 bridgehead atoms. The van der Waals surface area contributed by atoms with Crippen LogP contribution >= 0.6 is 0 Å². The molecule has 2 heteroatoms. The summed E-state index contributed by atoms with van der Waals surface area (Å²) < 4.78 is 0. The van der Waals surface area contributed by atoms with Gasteiger partial charge in [-0.1, -0.05) is 12.2 Å². The Morgan fingerprint density at radius 2 is 2.40 bits per heavy atom. The van der Waals surface area contributed by atoms with Crippen molar-refractivity contribution in [1.82, 2.24) is 5.32 Å². The van der Waals surface area contributed by atoms with E-state index < -0.39 is 0 Å². The van der Waals surface area contributed by atoms with Crippen molar-refractivity contribution in [1.29, 1.82) is 0 Å². The minimum absolute atomic E-state index is 0.185. The molecule has 0 spiro atoms. The molecule has 0 aromatic carbocycles. The van der Waals surface area contributed by atoms with Crippen molar-refractivity contribution in [2.45, 2.75) is 19.3 Å². The van der Waals surface area contributed by atoms with Crippen LogP contribution in [0, 0.1) is 5.92 Å². The van der Waals surface area contributed by atoms with Gasteiger partial charge in [0.15, 0.2) is 0 Å². The molecule has 1 rings (SSSR count). The van der Waals surface area contributed by atoms with Crippen molar-refractivity contribution in [3.8, 4) is 0 Å². The maximum atomic E-state index is 11.0. The molecule has 0 aromatic rings. The highest BCUT2D eigenvalue weighted by Gasteiger charge is 2.16. The van der Waals surface area contributed by atoms with Crippen molar-refractivity contribution in [3.63, 3.8) is 0 Å². The first kappa shape index (κ1) is 7.32. The second-order valence-electron chi connectivity index (χ2n) is 2.60. The monoisotopic (exact) mass is 139 g/mol. The third kappa shape index (κ3) is 1.59. The summed E-state index contributed by atoms with van der Waals surface area (Å²) in [5, 5.41) is 2.66. The Labute approximate surface area is 61.3 Å². The maximum Gasteiger partial charge on any atom is 0.223 e. The number of rotatable bonds is 1. The second kappa shape index (κ2) is 3.40. The largest absolute Gasteiger partial charge is 0.359 e. The standard InChI is InChI=1S/C8H13NO/c1-9-8(10)7-5-3-2-4-6-7/h2-3,7H,4-6H2,1H3,(H,9,10)/t7-/m0/s1. The molecule has 56 valence electrons. The van der Waals surface area contributed by atoms with E-state index in [9.17, 15) is 4.79 Å². The Morgan fingerprint density at radius 1 is 1.60 bits per heavy atom. The SMILES string of the molecule is CNC(=O)[C@H]1CC=CCC1. The highest BCUT2D eigenvalue weighted by molar-refractivity contribution is 5.78. The van der Waals surface area contributed by atoms with E-state index in [1.165, 1.54) is 0 Å². The number of carbonyl (C=O) groups excluding carboxylic acids is 1. The van der Waals surface area contributed by atoms with Crippen LogP contribution in [0.3, 0.4) is 0 Å². The van der Waals surface area contributed by atoms with Gasteiger partial charge in [0, 0.05) is 13.0 Å². The summed E-state index contributed by atoms with van der Waals surface area (Å²) >= 11 is 0. The lowest BCUT2D eigenvalue weighted by molar-refractivity contribution is -0.124. The predicted octanol–water partition coefficient (Wildman–Crippen LogP) is 1.09. The van der Waals surface area contributed by atoms with Crippen molar-refractivity contribution in [3.05, 3.63) is 12.2 Å². The summed E-state index contributed by atoms with van der Waals surface area (Å²) in [7, 11) is 1.70. The van der Waals surface area contributed by atoms with Crippen molar-refractivity contribution in [2.24, 2.45) is 5.92 Å². The van der Waals surface area contributed by atoms with Crippen LogP contribution in [-0.2, 0) is 4.79 Å². The van der Waals surface area contributed by atoms with Crippen molar-refractivity contribution < 1.29 is 4.79 Å². The third-order valence-electron chi connectivity index (χ3n) is 1.89. The average molecular weight is 139 g/mol. The van der Waals surface area contributed by atoms with E-state index in [2.05, 4.69) is 17.5 Å². The van der Waals surface area contributed by atoms with Gasteiger partial charge in [0.2, 0.25) is 5.91 Å². The van der Waals surface area contributed by atoms with E-state index in [0.29, 0.717) is 0 Å². The van der Waals surface area contributed by atoms with E-state index in [1.54, 1.807) is 7.05 Å². The van der Waals surface area contributed by atoms with Gasteiger partial charge < -0.3 is 5.32 Å². The van der Waals surface area contributed by atoms with Crippen LogP contribution in [0.1, 0.15) is 19.3 Å². The van der Waals surface area contributed by atoms with E-state index in [0.717, 1.165) is 19.3 Å². The van der Waals surface area contributed by atoms with E-state index in [4.69, 9.17) is 0 Å². The van der Waals surface area contributed by atoms with Gasteiger partial charge in [0.25, 0.3) is 0 Å². The number of allylic oxidation sites excluding steroid dienone is 2. The first-order valence-electron chi connectivity index (χ1n) is 3.71. The molecule has 0 heterocycles. The molecule has 1 aliphatic carbocycles. The van der Waals surface area contributed by atoms with Crippen LogP contribution in [0.25, 0.3) is 0 Å². The van der Waals surface area contributed by atoms with Crippen molar-refractivity contribution in [2.75, 3.05) is 7.05 Å². The highest BCUT2D eigenvalue weighted by atomic mass is 16.1. The first-order chi connectivity index (χ1) is 4.84. The summed E-state index contributed by atoms with van der Waals surface area (Å²) in [6.45, 7) is 0. The lowest BCUT2D eigenvalue weighted by Gasteiger charge is -2.14. The molecule has 0 fully saturated rings. The molecule has 1 amide bonds. The molecular formula is C8H13NO. The molecule has 10 heavy (non-hydrogen) atoms. The van der Waals surface area contributed by atoms with Crippen molar-refractivity contribution >= 4 is 5.91 Å². The van der Waals surface area contributed by atoms with Gasteiger partial charge in [-0.3, -0.25) is 4.79 Å². The fourth-order valence-corrected chi connectivity index (χ4v) is 1.24. The minimum Gasteiger partial charge on any atom is -0.359 e. The van der Waals surface area contributed by atoms with Gasteiger partial charge in [-0.05, 0) is 19.3 Å². The predicted molar refractivity (Wildman–Crippen MR) is 40.5 cm³/mol. The second-order valence-corrected chi connectivity index (χ2v) is 2.60. The van der Waals surface area contributed by atoms with E-state index in [1.807, 2.05) is 0 Å². The Hall–Kier alpha value is -0.790. The van der Waals surface area contributed by atoms with Gasteiger partial charge in [-0.2, -0.15) is 0 Å². The lowest BCUT2D eigenvalue weighted by Crippen LogP contribution is -2.27. The maximum absolute atomic E-state index is 11.0. The smallest absolute Gasteiger partial charge is 0.223 e. The van der Waals surface area contributed by atoms with Crippen LogP contribution in [0.4, 0.5) is 0 Å². The summed E-state index contributed by atoms with van der Waals surface area (Å²) in [5.74, 6) is 0.416. The van der Waals surface area contributed by atoms with Gasteiger partial charge in [0.1, 0.15) is 0 Å². The normalized spacial score (nSPS) is 24.3. The zero-order valence-electron chi connectivity index (χ0n) is 6.26. The van der Waals surface area contributed by atoms with Gasteiger partial charge >= 0.3 is 0 Å². The number of hydrogen-bond donors (Lipinski definition) is 1. The van der Waals surface area contributed by atoms with E-state index >= 15 is 0 Å². The number of amides is 1. The molecule has 2 nitrogen and oxygen atoms in total. The molecule has 0 radical (unpaired) electrons. The molecular weight excluding hydrogens is 126 g/mol. The number of nitrogens with one attached hydrogen (secondary N) is 1. The first-order valence-corrected chi connectivity index (χ1v) is 3.71. The fraction of sp³-hybridized carbons (Fsp3) is 0.625. The highest BCUT2D eigenvalue weighted by Crippen LogP contribution is 2.17. The Kier molecular flexibility index (Phi) is 2.49. The zero-order chi connectivity index (χ0) is 7.40. The van der Waals surface area contributed by atoms with Crippen LogP contribution in [0.5, 0.6) is 0 Å². The van der Waals surface area contributed by atoms with E-state index in [-0.39, 0.29) is 11.8 Å². The molecule has 0 saturated heterocycles. The molecule has 0 saturated carbocycles. The minimum atomic E-state index is 0.185. The molecule has 1 aliphatic rings. The number of hydrogen-bond acceptors (Lipinski definition) is 1. The molecule has 0 aliphatic heterocycles. The number of carbonyl (C=O) groups is 1. The van der Waals surface area contributed by atoms with Crippen LogP contribution < -0.4 is 5.32 Å². The molecule has 0 unspecified atom stereocenters. The zero-order valence-corrected chi connectivity index (χ0v) is 6.26. The van der Waals surface area contributed by atoms with Gasteiger partial charge in [0.05, 0.1) is 0 Å². The Bertz CT molecular complexity index is 151. The average Bonchev–Trinajstić information content (AvgIpc) is 2.05. The summed E-state index contributed by atoms with van der Waals surface area (Å²) in [6, 6.07) is 0. The Balaban J connectivity index is 2.41. The quantitative estimate of drug-likeness (QED) is 0.541. The Morgan fingerprint density at radius 3 is 2.90 bits per heavy atom. The van der Waals surface area contributed by atoms with Gasteiger partial charge in [-0.15, -0.1) is 0 Å². The fourth-order valence-electron chi connectivity index (χ4n) is 1.24. The topological polar surface area (TPSA) is 29.1 Å². The van der Waals surface area contributed by atoms with Crippen LogP contribution in [0.15, 0.2) is 12.2 Å². The molecule has 1 atom stereocenters. The summed E-state index contributed by atoms with van der Waals surface area (Å²) in [5.41, 5.74) is 0. The lowest BCUT2D eigenvalue weighted by atomic mass is 9.94. The van der Waals surface area contributed by atoms with Gasteiger partial charge in [-0.25, -0.2) is 0 Å². The van der Waals surface area contributed by atoms with Crippen LogP contribution in [0.2, 0.25) is 0 Å².